The molecule has 0 unspecified atom stereocenters. The minimum atomic E-state index is 0.691. The summed E-state index contributed by atoms with van der Waals surface area (Å²) in [5, 5.41) is 1.31. The fourth-order valence-electron chi connectivity index (χ4n) is 2.33. The van der Waals surface area contributed by atoms with E-state index in [9.17, 15) is 0 Å². The maximum Gasteiger partial charge on any atom is 0.133 e. The van der Waals surface area contributed by atoms with Crippen molar-refractivity contribution < 1.29 is 0 Å². The van der Waals surface area contributed by atoms with E-state index >= 15 is 0 Å². The highest BCUT2D eigenvalue weighted by atomic mass is 32.1. The Balaban J connectivity index is 2.11. The van der Waals surface area contributed by atoms with Gasteiger partial charge in [-0.1, -0.05) is 30.4 Å². The predicted molar refractivity (Wildman–Crippen MR) is 74.0 cm³/mol. The van der Waals surface area contributed by atoms with Gasteiger partial charge in [-0.25, -0.2) is 0 Å². The number of benzene rings is 1. The van der Waals surface area contributed by atoms with Crippen LogP contribution in [0.2, 0.25) is 0 Å². The van der Waals surface area contributed by atoms with Crippen LogP contribution in [0.1, 0.15) is 11.3 Å². The van der Waals surface area contributed by atoms with Gasteiger partial charge in [0.2, 0.25) is 0 Å². The summed E-state index contributed by atoms with van der Waals surface area (Å²) < 4.78 is 0.691. The zero-order valence-corrected chi connectivity index (χ0v) is 10.4. The maximum atomic E-state index is 5.12. The Bertz CT molecular complexity index is 559. The molecule has 0 amide bonds. The standard InChI is InChI=1S/C12H12N2S2/c15-12(16)14-6-5-11-9(7-14)8-3-1-2-4-10(8)13-11/h1-4,13H,5-7H2,(H,15,16). The first-order valence-corrected chi connectivity index (χ1v) is 6.17. The maximum absolute atomic E-state index is 5.12. The Morgan fingerprint density at radius 3 is 3.00 bits per heavy atom. The molecule has 0 saturated carbocycles. The number of aromatic nitrogens is 1. The van der Waals surface area contributed by atoms with Crippen molar-refractivity contribution in [1.82, 2.24) is 9.88 Å². The van der Waals surface area contributed by atoms with E-state index < -0.39 is 0 Å². The first kappa shape index (κ1) is 10.2. The fourth-order valence-corrected chi connectivity index (χ4v) is 2.66. The molecule has 4 heteroatoms. The summed E-state index contributed by atoms with van der Waals surface area (Å²) in [6, 6.07) is 8.42. The lowest BCUT2D eigenvalue weighted by atomic mass is 10.1. The second-order valence-electron chi connectivity index (χ2n) is 4.08. The molecule has 82 valence electrons. The van der Waals surface area contributed by atoms with Gasteiger partial charge in [-0.05, 0) is 6.07 Å². The smallest absolute Gasteiger partial charge is 0.133 e. The zero-order valence-electron chi connectivity index (χ0n) is 8.73. The van der Waals surface area contributed by atoms with Crippen molar-refractivity contribution in [2.24, 2.45) is 0 Å². The topological polar surface area (TPSA) is 19.0 Å². The number of rotatable bonds is 0. The number of fused-ring (bicyclic) bond motifs is 3. The lowest BCUT2D eigenvalue weighted by molar-refractivity contribution is 0.407. The Morgan fingerprint density at radius 1 is 1.38 bits per heavy atom. The molecular weight excluding hydrogens is 236 g/mol. The van der Waals surface area contributed by atoms with E-state index in [4.69, 9.17) is 12.2 Å². The van der Waals surface area contributed by atoms with Gasteiger partial charge in [-0.15, -0.1) is 12.6 Å². The number of hydrogen-bond donors (Lipinski definition) is 2. The molecule has 2 heterocycles. The van der Waals surface area contributed by atoms with E-state index in [1.807, 2.05) is 0 Å². The van der Waals surface area contributed by atoms with Crippen LogP contribution in [0.4, 0.5) is 0 Å². The van der Waals surface area contributed by atoms with Crippen molar-refractivity contribution >= 4 is 40.1 Å². The largest absolute Gasteiger partial charge is 0.358 e. The van der Waals surface area contributed by atoms with Crippen LogP contribution in [0.3, 0.4) is 0 Å². The molecule has 0 fully saturated rings. The van der Waals surface area contributed by atoms with Gasteiger partial charge in [0.15, 0.2) is 0 Å². The van der Waals surface area contributed by atoms with Crippen LogP contribution in [0.5, 0.6) is 0 Å². The van der Waals surface area contributed by atoms with E-state index in [1.54, 1.807) is 0 Å². The number of thiocarbonyl (C=S) groups is 1. The molecule has 0 radical (unpaired) electrons. The molecule has 0 aliphatic carbocycles. The minimum Gasteiger partial charge on any atom is -0.358 e. The molecule has 1 N–H and O–H groups in total. The van der Waals surface area contributed by atoms with Crippen LogP contribution in [0.15, 0.2) is 24.3 Å². The van der Waals surface area contributed by atoms with Crippen LogP contribution >= 0.6 is 24.8 Å². The highest BCUT2D eigenvalue weighted by molar-refractivity contribution is 8.10. The van der Waals surface area contributed by atoms with Gasteiger partial charge in [-0.2, -0.15) is 0 Å². The van der Waals surface area contributed by atoms with Gasteiger partial charge in [-0.3, -0.25) is 0 Å². The van der Waals surface area contributed by atoms with E-state index in [1.165, 1.54) is 22.2 Å². The lowest BCUT2D eigenvalue weighted by Crippen LogP contribution is -2.31. The van der Waals surface area contributed by atoms with Crippen LogP contribution < -0.4 is 0 Å². The van der Waals surface area contributed by atoms with Gasteiger partial charge < -0.3 is 9.88 Å². The van der Waals surface area contributed by atoms with Gasteiger partial charge in [0, 0.05) is 41.7 Å². The summed E-state index contributed by atoms with van der Waals surface area (Å²) >= 11 is 9.38. The normalized spacial score (nSPS) is 15.2. The Morgan fingerprint density at radius 2 is 2.19 bits per heavy atom. The molecular formula is C12H12N2S2. The van der Waals surface area contributed by atoms with Crippen molar-refractivity contribution in [1.29, 1.82) is 0 Å². The Labute approximate surface area is 105 Å². The summed E-state index contributed by atoms with van der Waals surface area (Å²) in [5.74, 6) is 0. The first-order valence-electron chi connectivity index (χ1n) is 5.32. The van der Waals surface area contributed by atoms with Crippen LogP contribution in [-0.2, 0) is 13.0 Å². The summed E-state index contributed by atoms with van der Waals surface area (Å²) in [6.45, 7) is 1.84. The minimum absolute atomic E-state index is 0.691. The molecule has 2 nitrogen and oxygen atoms in total. The number of thiol groups is 1. The van der Waals surface area contributed by atoms with Gasteiger partial charge in [0.05, 0.1) is 0 Å². The van der Waals surface area contributed by atoms with Crippen molar-refractivity contribution in [2.45, 2.75) is 13.0 Å². The van der Waals surface area contributed by atoms with E-state index in [-0.39, 0.29) is 0 Å². The number of H-pyrrole nitrogens is 1. The highest BCUT2D eigenvalue weighted by Gasteiger charge is 2.20. The average Bonchev–Trinajstić information content (AvgIpc) is 2.66. The van der Waals surface area contributed by atoms with Crippen molar-refractivity contribution in [2.75, 3.05) is 6.54 Å². The van der Waals surface area contributed by atoms with E-state index in [0.29, 0.717) is 4.32 Å². The zero-order chi connectivity index (χ0) is 11.1. The predicted octanol–water partition coefficient (Wildman–Crippen LogP) is 2.74. The van der Waals surface area contributed by atoms with Crippen molar-refractivity contribution in [3.05, 3.63) is 35.5 Å². The van der Waals surface area contributed by atoms with Gasteiger partial charge in [0.1, 0.15) is 4.32 Å². The van der Waals surface area contributed by atoms with E-state index in [2.05, 4.69) is 46.8 Å². The number of aromatic amines is 1. The number of nitrogens with zero attached hydrogens (tertiary/aromatic N) is 1. The molecule has 1 aromatic heterocycles. The van der Waals surface area contributed by atoms with E-state index in [0.717, 1.165) is 19.5 Å². The second kappa shape index (κ2) is 3.79. The Kier molecular flexibility index (Phi) is 2.41. The summed E-state index contributed by atoms with van der Waals surface area (Å²) in [4.78, 5) is 5.62. The molecule has 3 rings (SSSR count). The summed E-state index contributed by atoms with van der Waals surface area (Å²) in [5.41, 5.74) is 3.94. The van der Waals surface area contributed by atoms with Gasteiger partial charge in [0.25, 0.3) is 0 Å². The molecule has 2 aromatic rings. The Hall–Kier alpha value is -1.00. The van der Waals surface area contributed by atoms with Crippen LogP contribution in [-0.4, -0.2) is 20.7 Å². The molecule has 16 heavy (non-hydrogen) atoms. The van der Waals surface area contributed by atoms with Crippen LogP contribution in [0.25, 0.3) is 10.9 Å². The second-order valence-corrected chi connectivity index (χ2v) is 5.19. The van der Waals surface area contributed by atoms with Crippen molar-refractivity contribution in [3.8, 4) is 0 Å². The highest BCUT2D eigenvalue weighted by Crippen LogP contribution is 2.27. The molecule has 0 saturated heterocycles. The lowest BCUT2D eigenvalue weighted by Gasteiger charge is -2.27. The molecule has 1 aliphatic rings. The van der Waals surface area contributed by atoms with Crippen molar-refractivity contribution in [3.63, 3.8) is 0 Å². The quantitative estimate of drug-likeness (QED) is 0.552. The van der Waals surface area contributed by atoms with Crippen LogP contribution in [0, 0.1) is 0 Å². The summed E-state index contributed by atoms with van der Waals surface area (Å²) in [7, 11) is 0. The number of hydrogen-bond acceptors (Lipinski definition) is 1. The third-order valence-electron chi connectivity index (χ3n) is 3.15. The number of nitrogens with one attached hydrogen (secondary N) is 1. The average molecular weight is 248 g/mol. The monoisotopic (exact) mass is 248 g/mol. The summed E-state index contributed by atoms with van der Waals surface area (Å²) in [6.07, 6.45) is 1.02. The fraction of sp³-hybridized carbons (Fsp3) is 0.250. The third-order valence-corrected chi connectivity index (χ3v) is 3.69. The molecule has 0 bridgehead atoms. The molecule has 1 aliphatic heterocycles. The molecule has 0 atom stereocenters. The number of para-hydroxylation sites is 1. The van der Waals surface area contributed by atoms with Gasteiger partial charge >= 0.3 is 0 Å². The third kappa shape index (κ3) is 1.53. The molecule has 1 aromatic carbocycles. The molecule has 0 spiro atoms. The first-order chi connectivity index (χ1) is 7.75. The SMILES string of the molecule is S=C(S)N1CCc2[nH]c3ccccc3c2C1.